The quantitative estimate of drug-likeness (QED) is 0.529. The lowest BCUT2D eigenvalue weighted by atomic mass is 10.1. The Labute approximate surface area is 48.6 Å². The predicted molar refractivity (Wildman–Crippen MR) is 31.1 cm³/mol. The first-order chi connectivity index (χ1) is 3.84. The van der Waals surface area contributed by atoms with Crippen molar-refractivity contribution in [1.82, 2.24) is 5.32 Å². The molecule has 0 spiro atoms. The molecule has 2 heteroatoms. The monoisotopic (exact) mass is 111 g/mol. The van der Waals surface area contributed by atoms with Crippen LogP contribution >= 0.6 is 0 Å². The van der Waals surface area contributed by atoms with Gasteiger partial charge in [-0.3, -0.25) is 4.79 Å². The number of nitrogens with one attached hydrogen (secondary N) is 1. The van der Waals surface area contributed by atoms with Crippen LogP contribution < -0.4 is 5.32 Å². The molecule has 0 saturated carbocycles. The van der Waals surface area contributed by atoms with Gasteiger partial charge in [-0.2, -0.15) is 0 Å². The van der Waals surface area contributed by atoms with Crippen LogP contribution in [0, 0.1) is 5.92 Å². The van der Waals surface area contributed by atoms with Gasteiger partial charge < -0.3 is 5.32 Å². The van der Waals surface area contributed by atoms with Gasteiger partial charge in [-0.05, 0) is 6.42 Å². The van der Waals surface area contributed by atoms with Crippen LogP contribution in [0.25, 0.3) is 0 Å². The molecule has 0 aromatic carbocycles. The van der Waals surface area contributed by atoms with Crippen LogP contribution in [-0.2, 0) is 4.79 Å². The maximum absolute atomic E-state index is 10.6. The molecule has 0 aliphatic carbocycles. The Hall–Kier alpha value is -0.790. The molecule has 1 aliphatic heterocycles. The fourth-order valence-corrected chi connectivity index (χ4v) is 0.762. The van der Waals surface area contributed by atoms with E-state index in [0.29, 0.717) is 0 Å². The molecule has 0 saturated heterocycles. The molecular formula is C6H9NO. The van der Waals surface area contributed by atoms with Crippen LogP contribution in [0.4, 0.5) is 0 Å². The molecule has 1 rings (SSSR count). The minimum Gasteiger partial charge on any atom is -0.332 e. The molecule has 0 aromatic rings. The van der Waals surface area contributed by atoms with E-state index in [1.807, 2.05) is 13.0 Å². The highest BCUT2D eigenvalue weighted by molar-refractivity contribution is 5.83. The Bertz CT molecular complexity index is 128. The second kappa shape index (κ2) is 1.99. The minimum absolute atomic E-state index is 0.132. The molecule has 1 heterocycles. The van der Waals surface area contributed by atoms with E-state index < -0.39 is 0 Å². The van der Waals surface area contributed by atoms with Gasteiger partial charge in [0.1, 0.15) is 0 Å². The maximum Gasteiger partial charge on any atom is 0.230 e. The Morgan fingerprint density at radius 3 is 2.88 bits per heavy atom. The van der Waals surface area contributed by atoms with Crippen molar-refractivity contribution in [1.29, 1.82) is 0 Å². The Balaban J connectivity index is 2.53. The van der Waals surface area contributed by atoms with Gasteiger partial charge in [-0.15, -0.1) is 0 Å². The average Bonchev–Trinajstić information content (AvgIpc) is 2.14. The lowest BCUT2D eigenvalue weighted by Gasteiger charge is -1.97. The molecule has 1 aliphatic rings. The summed E-state index contributed by atoms with van der Waals surface area (Å²) in [7, 11) is 0. The first-order valence-electron chi connectivity index (χ1n) is 2.81. The largest absolute Gasteiger partial charge is 0.332 e. The highest BCUT2D eigenvalue weighted by Gasteiger charge is 2.15. The smallest absolute Gasteiger partial charge is 0.230 e. The summed E-state index contributed by atoms with van der Waals surface area (Å²) in [4.78, 5) is 10.6. The van der Waals surface area contributed by atoms with E-state index in [2.05, 4.69) is 5.32 Å². The summed E-state index contributed by atoms with van der Waals surface area (Å²) in [6.07, 6.45) is 4.50. The topological polar surface area (TPSA) is 29.1 Å². The van der Waals surface area contributed by atoms with Crippen LogP contribution in [0.1, 0.15) is 13.3 Å². The van der Waals surface area contributed by atoms with Gasteiger partial charge in [-0.1, -0.05) is 13.0 Å². The SMILES string of the molecule is CC[C@H]1C=CNC1=O. The molecule has 0 radical (unpaired) electrons. The van der Waals surface area contributed by atoms with E-state index in [1.54, 1.807) is 6.20 Å². The Morgan fingerprint density at radius 2 is 2.62 bits per heavy atom. The van der Waals surface area contributed by atoms with Crippen LogP contribution in [0.15, 0.2) is 12.3 Å². The van der Waals surface area contributed by atoms with Gasteiger partial charge in [0.2, 0.25) is 5.91 Å². The fraction of sp³-hybridized carbons (Fsp3) is 0.500. The predicted octanol–water partition coefficient (Wildman–Crippen LogP) is 0.656. The summed E-state index contributed by atoms with van der Waals surface area (Å²) in [5.41, 5.74) is 0. The summed E-state index contributed by atoms with van der Waals surface area (Å²) in [5, 5.41) is 2.60. The van der Waals surface area contributed by atoms with E-state index in [0.717, 1.165) is 6.42 Å². The second-order valence-electron chi connectivity index (χ2n) is 1.88. The van der Waals surface area contributed by atoms with Gasteiger partial charge in [-0.25, -0.2) is 0 Å². The van der Waals surface area contributed by atoms with Crippen LogP contribution in [-0.4, -0.2) is 5.91 Å². The Morgan fingerprint density at radius 1 is 1.88 bits per heavy atom. The van der Waals surface area contributed by atoms with Gasteiger partial charge in [0.15, 0.2) is 0 Å². The molecule has 0 aromatic heterocycles. The van der Waals surface area contributed by atoms with Crippen molar-refractivity contribution in [3.8, 4) is 0 Å². The third kappa shape index (κ3) is 0.735. The molecule has 1 amide bonds. The molecule has 1 N–H and O–H groups in total. The number of hydrogen-bond acceptors (Lipinski definition) is 1. The van der Waals surface area contributed by atoms with Crippen molar-refractivity contribution in [2.45, 2.75) is 13.3 Å². The van der Waals surface area contributed by atoms with Gasteiger partial charge >= 0.3 is 0 Å². The van der Waals surface area contributed by atoms with Crippen LogP contribution in [0.5, 0.6) is 0 Å². The second-order valence-corrected chi connectivity index (χ2v) is 1.88. The summed E-state index contributed by atoms with van der Waals surface area (Å²) < 4.78 is 0. The lowest BCUT2D eigenvalue weighted by Crippen LogP contribution is -2.17. The van der Waals surface area contributed by atoms with E-state index in [1.165, 1.54) is 0 Å². The maximum atomic E-state index is 10.6. The van der Waals surface area contributed by atoms with Crippen molar-refractivity contribution in [3.05, 3.63) is 12.3 Å². The molecular weight excluding hydrogens is 102 g/mol. The summed E-state index contributed by atoms with van der Waals surface area (Å²) >= 11 is 0. The zero-order chi connectivity index (χ0) is 5.98. The highest BCUT2D eigenvalue weighted by Crippen LogP contribution is 2.07. The van der Waals surface area contributed by atoms with Crippen molar-refractivity contribution in [3.63, 3.8) is 0 Å². The zero-order valence-corrected chi connectivity index (χ0v) is 4.85. The van der Waals surface area contributed by atoms with E-state index in [9.17, 15) is 4.79 Å². The lowest BCUT2D eigenvalue weighted by molar-refractivity contribution is -0.121. The first kappa shape index (κ1) is 5.35. The molecule has 1 atom stereocenters. The fourth-order valence-electron chi connectivity index (χ4n) is 0.762. The molecule has 2 nitrogen and oxygen atoms in total. The van der Waals surface area contributed by atoms with Crippen molar-refractivity contribution < 1.29 is 4.79 Å². The number of carbonyl (C=O) groups excluding carboxylic acids is 1. The number of amides is 1. The normalized spacial score (nSPS) is 26.1. The van der Waals surface area contributed by atoms with Crippen LogP contribution in [0.2, 0.25) is 0 Å². The molecule has 8 heavy (non-hydrogen) atoms. The third-order valence-corrected chi connectivity index (χ3v) is 1.33. The zero-order valence-electron chi connectivity index (χ0n) is 4.85. The molecule has 0 unspecified atom stereocenters. The number of carbonyl (C=O) groups is 1. The summed E-state index contributed by atoms with van der Waals surface area (Å²) in [6, 6.07) is 0. The highest BCUT2D eigenvalue weighted by atomic mass is 16.2. The molecule has 0 bridgehead atoms. The minimum atomic E-state index is 0.132. The average molecular weight is 111 g/mol. The molecule has 44 valence electrons. The first-order valence-corrected chi connectivity index (χ1v) is 2.81. The van der Waals surface area contributed by atoms with E-state index >= 15 is 0 Å². The number of hydrogen-bond donors (Lipinski definition) is 1. The molecule has 0 fully saturated rings. The third-order valence-electron chi connectivity index (χ3n) is 1.33. The standard InChI is InChI=1S/C6H9NO/c1-2-5-3-4-7-6(5)8/h3-5H,2H2,1H3,(H,7,8)/t5-/m0/s1. The van der Waals surface area contributed by atoms with Crippen LogP contribution in [0.3, 0.4) is 0 Å². The Kier molecular flexibility index (Phi) is 1.33. The van der Waals surface area contributed by atoms with Gasteiger partial charge in [0.05, 0.1) is 5.92 Å². The van der Waals surface area contributed by atoms with E-state index in [4.69, 9.17) is 0 Å². The van der Waals surface area contributed by atoms with Gasteiger partial charge in [0, 0.05) is 6.20 Å². The van der Waals surface area contributed by atoms with E-state index in [-0.39, 0.29) is 11.8 Å². The summed E-state index contributed by atoms with van der Waals surface area (Å²) in [6.45, 7) is 2.00. The van der Waals surface area contributed by atoms with Gasteiger partial charge in [0.25, 0.3) is 0 Å². The van der Waals surface area contributed by atoms with Crippen molar-refractivity contribution in [2.75, 3.05) is 0 Å². The van der Waals surface area contributed by atoms with Crippen molar-refractivity contribution in [2.24, 2.45) is 5.92 Å². The number of rotatable bonds is 1. The summed E-state index contributed by atoms with van der Waals surface area (Å²) in [5.74, 6) is 0.266. The van der Waals surface area contributed by atoms with Crippen molar-refractivity contribution >= 4 is 5.91 Å².